The molecule has 4 heteroatoms. The molecule has 4 nitrogen and oxygen atoms in total. The molecule has 0 radical (unpaired) electrons. The molecule has 1 amide bonds. The summed E-state index contributed by atoms with van der Waals surface area (Å²) in [4.78, 5) is 11.5. The minimum absolute atomic E-state index is 0.0513. The summed E-state index contributed by atoms with van der Waals surface area (Å²) in [5.41, 5.74) is 6.98. The van der Waals surface area contributed by atoms with Crippen molar-refractivity contribution < 1.29 is 9.90 Å². The summed E-state index contributed by atoms with van der Waals surface area (Å²) in [6.07, 6.45) is 1.95. The average Bonchev–Trinajstić information content (AvgIpc) is 3.04. The maximum Gasteiger partial charge on any atom is 0.227 e. The number of amides is 1. The second kappa shape index (κ2) is 3.90. The van der Waals surface area contributed by atoms with Crippen LogP contribution in [0.2, 0.25) is 0 Å². The van der Waals surface area contributed by atoms with Gasteiger partial charge in [0.15, 0.2) is 0 Å². The van der Waals surface area contributed by atoms with E-state index in [4.69, 9.17) is 5.73 Å². The molecular formula is C11H14N2O2. The number of rotatable bonds is 3. The Hall–Kier alpha value is -1.55. The molecule has 0 heterocycles. The molecule has 1 saturated carbocycles. The van der Waals surface area contributed by atoms with Crippen LogP contribution >= 0.6 is 0 Å². The minimum atomic E-state index is 0.0513. The molecule has 0 bridgehead atoms. The van der Waals surface area contributed by atoms with Crippen LogP contribution in [0.4, 0.5) is 5.69 Å². The van der Waals surface area contributed by atoms with Crippen LogP contribution < -0.4 is 11.1 Å². The number of carbonyl (C=O) groups is 1. The summed E-state index contributed by atoms with van der Waals surface area (Å²) in [5.74, 6) is 0.389. The normalized spacial score (nSPS) is 15.0. The van der Waals surface area contributed by atoms with Gasteiger partial charge in [-0.1, -0.05) is 0 Å². The molecule has 0 aliphatic heterocycles. The van der Waals surface area contributed by atoms with Gasteiger partial charge in [0.05, 0.1) is 0 Å². The first-order valence-electron chi connectivity index (χ1n) is 5.03. The molecule has 1 aliphatic carbocycles. The molecule has 0 aromatic heterocycles. The van der Waals surface area contributed by atoms with Gasteiger partial charge in [-0.2, -0.15) is 0 Å². The lowest BCUT2D eigenvalue weighted by molar-refractivity contribution is -0.117. The fraction of sp³-hybridized carbons (Fsp3) is 0.364. The van der Waals surface area contributed by atoms with Crippen LogP contribution in [0.5, 0.6) is 5.75 Å². The molecule has 15 heavy (non-hydrogen) atoms. The third-order valence-electron chi connectivity index (χ3n) is 2.51. The fourth-order valence-corrected chi connectivity index (χ4v) is 1.45. The van der Waals surface area contributed by atoms with Gasteiger partial charge in [0.2, 0.25) is 5.91 Å². The monoisotopic (exact) mass is 206 g/mol. The van der Waals surface area contributed by atoms with E-state index in [9.17, 15) is 9.90 Å². The standard InChI is InChI=1S/C11H14N2O2/c12-6-8-5-9(14)3-4-10(8)13-11(15)7-1-2-7/h3-5,7,14H,1-2,6,12H2,(H,13,15). The lowest BCUT2D eigenvalue weighted by Gasteiger charge is -2.09. The van der Waals surface area contributed by atoms with E-state index in [1.807, 2.05) is 0 Å². The van der Waals surface area contributed by atoms with Crippen molar-refractivity contribution in [3.63, 3.8) is 0 Å². The third-order valence-corrected chi connectivity index (χ3v) is 2.51. The van der Waals surface area contributed by atoms with Gasteiger partial charge in [-0.3, -0.25) is 4.79 Å². The van der Waals surface area contributed by atoms with Crippen LogP contribution in [-0.2, 0) is 11.3 Å². The first-order chi connectivity index (χ1) is 7.20. The Labute approximate surface area is 88.1 Å². The zero-order valence-electron chi connectivity index (χ0n) is 8.36. The molecule has 1 aromatic rings. The van der Waals surface area contributed by atoms with Crippen molar-refractivity contribution in [2.24, 2.45) is 11.7 Å². The van der Waals surface area contributed by atoms with Gasteiger partial charge >= 0.3 is 0 Å². The Morgan fingerprint density at radius 3 is 2.87 bits per heavy atom. The van der Waals surface area contributed by atoms with Gasteiger partial charge in [-0.25, -0.2) is 0 Å². The SMILES string of the molecule is NCc1cc(O)ccc1NC(=O)C1CC1. The van der Waals surface area contributed by atoms with E-state index in [1.54, 1.807) is 18.2 Å². The van der Waals surface area contributed by atoms with Crippen LogP contribution in [0.25, 0.3) is 0 Å². The van der Waals surface area contributed by atoms with Crippen LogP contribution in [-0.4, -0.2) is 11.0 Å². The number of hydrogen-bond acceptors (Lipinski definition) is 3. The predicted molar refractivity (Wildman–Crippen MR) is 57.4 cm³/mol. The summed E-state index contributed by atoms with van der Waals surface area (Å²) >= 11 is 0. The highest BCUT2D eigenvalue weighted by Crippen LogP contribution is 2.31. The molecule has 1 aromatic carbocycles. The summed E-state index contributed by atoms with van der Waals surface area (Å²) in [6, 6.07) is 4.79. The number of nitrogens with one attached hydrogen (secondary N) is 1. The lowest BCUT2D eigenvalue weighted by atomic mass is 10.1. The number of phenols is 1. The van der Waals surface area contributed by atoms with E-state index in [2.05, 4.69) is 5.32 Å². The van der Waals surface area contributed by atoms with Crippen molar-refractivity contribution in [2.75, 3.05) is 5.32 Å². The van der Waals surface area contributed by atoms with Gasteiger partial charge < -0.3 is 16.2 Å². The summed E-state index contributed by atoms with van der Waals surface area (Å²) in [7, 11) is 0. The van der Waals surface area contributed by atoms with Gasteiger partial charge in [-0.05, 0) is 36.6 Å². The Morgan fingerprint density at radius 1 is 1.53 bits per heavy atom. The van der Waals surface area contributed by atoms with Crippen LogP contribution in [0.15, 0.2) is 18.2 Å². The van der Waals surface area contributed by atoms with Crippen LogP contribution in [0.1, 0.15) is 18.4 Å². The second-order valence-electron chi connectivity index (χ2n) is 3.81. The Morgan fingerprint density at radius 2 is 2.27 bits per heavy atom. The number of nitrogens with two attached hydrogens (primary N) is 1. The number of phenolic OH excluding ortho intramolecular Hbond substituents is 1. The molecular weight excluding hydrogens is 192 g/mol. The van der Waals surface area contributed by atoms with E-state index in [-0.39, 0.29) is 17.6 Å². The third kappa shape index (κ3) is 2.27. The van der Waals surface area contributed by atoms with Crippen LogP contribution in [0.3, 0.4) is 0 Å². The predicted octanol–water partition coefficient (Wildman–Crippen LogP) is 1.20. The molecule has 0 saturated heterocycles. The van der Waals surface area contributed by atoms with E-state index >= 15 is 0 Å². The maximum atomic E-state index is 11.5. The summed E-state index contributed by atoms with van der Waals surface area (Å²) < 4.78 is 0. The van der Waals surface area contributed by atoms with Crippen molar-refractivity contribution in [1.82, 2.24) is 0 Å². The quantitative estimate of drug-likeness (QED) is 0.650. The molecule has 1 fully saturated rings. The van der Waals surface area contributed by atoms with E-state index in [1.165, 1.54) is 0 Å². The average molecular weight is 206 g/mol. The Bertz CT molecular complexity index is 386. The number of hydrogen-bond donors (Lipinski definition) is 3. The van der Waals surface area contributed by atoms with Gasteiger partial charge in [0.1, 0.15) is 5.75 Å². The van der Waals surface area contributed by atoms with Crippen molar-refractivity contribution in [2.45, 2.75) is 19.4 Å². The maximum absolute atomic E-state index is 11.5. The first kappa shape index (κ1) is 9.98. The van der Waals surface area contributed by atoms with E-state index < -0.39 is 0 Å². The zero-order valence-corrected chi connectivity index (χ0v) is 8.36. The highest BCUT2D eigenvalue weighted by atomic mass is 16.3. The largest absolute Gasteiger partial charge is 0.508 e. The molecule has 2 rings (SSSR count). The molecule has 4 N–H and O–H groups in total. The zero-order chi connectivity index (χ0) is 10.8. The second-order valence-corrected chi connectivity index (χ2v) is 3.81. The number of aromatic hydroxyl groups is 1. The highest BCUT2D eigenvalue weighted by Gasteiger charge is 2.29. The fourth-order valence-electron chi connectivity index (χ4n) is 1.45. The number of benzene rings is 1. The van der Waals surface area contributed by atoms with Crippen molar-refractivity contribution in [1.29, 1.82) is 0 Å². The summed E-state index contributed by atoms with van der Waals surface area (Å²) in [5, 5.41) is 12.1. The molecule has 0 atom stereocenters. The lowest BCUT2D eigenvalue weighted by Crippen LogP contribution is -2.15. The van der Waals surface area contributed by atoms with Gasteiger partial charge in [0, 0.05) is 18.2 Å². The Balaban J connectivity index is 2.15. The smallest absolute Gasteiger partial charge is 0.227 e. The first-order valence-corrected chi connectivity index (χ1v) is 5.03. The molecule has 80 valence electrons. The topological polar surface area (TPSA) is 75.3 Å². The van der Waals surface area contributed by atoms with Crippen molar-refractivity contribution >= 4 is 11.6 Å². The van der Waals surface area contributed by atoms with Crippen molar-refractivity contribution in [3.05, 3.63) is 23.8 Å². The number of carbonyl (C=O) groups excluding carboxylic acids is 1. The molecule has 0 unspecified atom stereocenters. The number of anilines is 1. The van der Waals surface area contributed by atoms with E-state index in [0.717, 1.165) is 18.4 Å². The molecule has 1 aliphatic rings. The van der Waals surface area contributed by atoms with Crippen LogP contribution in [0, 0.1) is 5.92 Å². The van der Waals surface area contributed by atoms with Gasteiger partial charge in [0.25, 0.3) is 0 Å². The molecule has 0 spiro atoms. The van der Waals surface area contributed by atoms with Crippen molar-refractivity contribution in [3.8, 4) is 5.75 Å². The van der Waals surface area contributed by atoms with E-state index in [0.29, 0.717) is 12.2 Å². The Kier molecular flexibility index (Phi) is 2.60. The minimum Gasteiger partial charge on any atom is -0.508 e. The highest BCUT2D eigenvalue weighted by molar-refractivity contribution is 5.94. The summed E-state index contributed by atoms with van der Waals surface area (Å²) in [6.45, 7) is 0.300. The van der Waals surface area contributed by atoms with Gasteiger partial charge in [-0.15, -0.1) is 0 Å².